The molecule has 0 spiro atoms. The zero-order valence-electron chi connectivity index (χ0n) is 28.6. The topological polar surface area (TPSA) is 36.9 Å². The fourth-order valence-electron chi connectivity index (χ4n) is 7.01. The molecule has 1 aliphatic heterocycles. The second kappa shape index (κ2) is 18.5. The van der Waals surface area contributed by atoms with E-state index in [0.29, 0.717) is 32.8 Å². The number of halogens is 1. The van der Waals surface area contributed by atoms with Gasteiger partial charge in [0.05, 0.1) is 32.5 Å². The van der Waals surface area contributed by atoms with Crippen LogP contribution < -0.4 is 32.9 Å². The number of hydrogen-bond donors (Lipinski definition) is 0. The maximum Gasteiger partial charge on any atom is 0.184 e. The molecule has 0 saturated carbocycles. The lowest BCUT2D eigenvalue weighted by Gasteiger charge is -2.45. The van der Waals surface area contributed by atoms with Crippen molar-refractivity contribution < 1.29 is 35.9 Å². The fraction of sp³-hybridized carbons (Fsp3) is 0.200. The molecule has 6 aromatic rings. The highest BCUT2D eigenvalue weighted by Crippen LogP contribution is 2.63. The van der Waals surface area contributed by atoms with Gasteiger partial charge in [0, 0.05) is 6.42 Å². The lowest BCUT2D eigenvalue weighted by atomic mass is 10.0. The van der Waals surface area contributed by atoms with Gasteiger partial charge in [-0.3, -0.25) is 0 Å². The Kier molecular flexibility index (Phi) is 13.4. The van der Waals surface area contributed by atoms with Crippen molar-refractivity contribution in [1.82, 2.24) is 0 Å². The monoisotopic (exact) mass is 758 g/mol. The van der Waals surface area contributed by atoms with Crippen molar-refractivity contribution in [2.45, 2.75) is 50.4 Å². The third kappa shape index (κ3) is 8.94. The van der Waals surface area contributed by atoms with Gasteiger partial charge in [-0.05, 0) is 53.1 Å². The van der Waals surface area contributed by atoms with Gasteiger partial charge in [0.15, 0.2) is 5.85 Å². The van der Waals surface area contributed by atoms with E-state index >= 15 is 0 Å². The van der Waals surface area contributed by atoms with Gasteiger partial charge in [0.1, 0.15) is 35.4 Å². The minimum atomic E-state index is -2.41. The van der Waals surface area contributed by atoms with Gasteiger partial charge in [-0.25, -0.2) is 0 Å². The first-order valence-corrected chi connectivity index (χ1v) is 19.3. The Bertz CT molecular complexity index is 1750. The van der Waals surface area contributed by atoms with E-state index in [1.165, 1.54) is 15.9 Å². The van der Waals surface area contributed by atoms with Crippen LogP contribution in [-0.4, -0.2) is 30.8 Å². The van der Waals surface area contributed by atoms with Crippen molar-refractivity contribution in [2.24, 2.45) is 0 Å². The molecule has 1 heterocycles. The van der Waals surface area contributed by atoms with Crippen LogP contribution in [0.15, 0.2) is 182 Å². The molecule has 0 bridgehead atoms. The summed E-state index contributed by atoms with van der Waals surface area (Å²) < 4.78 is 27.7. The first-order valence-electron chi connectivity index (χ1n) is 17.4. The first kappa shape index (κ1) is 36.8. The molecule has 0 amide bonds. The maximum absolute atomic E-state index is 7.46. The molecule has 6 heteroatoms. The minimum absolute atomic E-state index is 0. The van der Waals surface area contributed by atoms with Gasteiger partial charge in [-0.1, -0.05) is 146 Å². The summed E-state index contributed by atoms with van der Waals surface area (Å²) in [7, 11) is -2.41. The molecule has 0 aromatic heterocycles. The molecule has 0 aliphatic carbocycles. The van der Waals surface area contributed by atoms with E-state index < -0.39 is 7.26 Å². The summed E-state index contributed by atoms with van der Waals surface area (Å²) in [5, 5.41) is 3.82. The van der Waals surface area contributed by atoms with Gasteiger partial charge in [-0.15, -0.1) is 0 Å². The van der Waals surface area contributed by atoms with Crippen molar-refractivity contribution in [1.29, 1.82) is 0 Å². The summed E-state index contributed by atoms with van der Waals surface area (Å²) >= 11 is 0. The molecule has 1 saturated heterocycles. The van der Waals surface area contributed by atoms with E-state index in [1.54, 1.807) is 0 Å². The minimum Gasteiger partial charge on any atom is -1.00 e. The Labute approximate surface area is 313 Å². The Morgan fingerprint density at radius 3 is 1.27 bits per heavy atom. The number of rotatable bonds is 14. The molecule has 1 fully saturated rings. The largest absolute Gasteiger partial charge is 1.00 e. The van der Waals surface area contributed by atoms with Crippen LogP contribution in [0.1, 0.15) is 23.1 Å². The van der Waals surface area contributed by atoms with Crippen molar-refractivity contribution in [2.75, 3.05) is 6.61 Å². The summed E-state index contributed by atoms with van der Waals surface area (Å²) in [6, 6.07) is 63.8. The molecule has 4 atom stereocenters. The molecule has 0 N–H and O–H groups in total. The van der Waals surface area contributed by atoms with E-state index in [1.807, 2.05) is 42.5 Å². The number of hydrogen-bond acceptors (Lipinski definition) is 4. The molecule has 7 rings (SSSR count). The van der Waals surface area contributed by atoms with Gasteiger partial charge in [-0.2, -0.15) is 0 Å². The zero-order chi connectivity index (χ0) is 33.9. The van der Waals surface area contributed by atoms with Crippen LogP contribution >= 0.6 is 7.26 Å². The quantitative estimate of drug-likeness (QED) is 0.138. The second-order valence-electron chi connectivity index (χ2n) is 12.7. The average Bonchev–Trinajstić information content (AvgIpc) is 3.19. The van der Waals surface area contributed by atoms with Gasteiger partial charge < -0.3 is 35.9 Å². The molecule has 1 aliphatic rings. The predicted octanol–water partition coefficient (Wildman–Crippen LogP) is 5.49. The Hall–Kier alpha value is -3.93. The summed E-state index contributed by atoms with van der Waals surface area (Å²) in [4.78, 5) is 0. The summed E-state index contributed by atoms with van der Waals surface area (Å²) in [5.41, 5.74) is 3.36. The van der Waals surface area contributed by atoms with Crippen LogP contribution in [0.3, 0.4) is 0 Å². The lowest BCUT2D eigenvalue weighted by molar-refractivity contribution is -0.205. The van der Waals surface area contributed by atoms with Crippen LogP contribution in [0.2, 0.25) is 0 Å². The highest BCUT2D eigenvalue weighted by atomic mass is 79.9. The molecule has 6 aromatic carbocycles. The van der Waals surface area contributed by atoms with Crippen molar-refractivity contribution in [3.05, 3.63) is 199 Å². The van der Waals surface area contributed by atoms with E-state index in [2.05, 4.69) is 140 Å². The maximum atomic E-state index is 7.46. The third-order valence-corrected chi connectivity index (χ3v) is 13.9. The highest BCUT2D eigenvalue weighted by molar-refractivity contribution is 7.96. The van der Waals surface area contributed by atoms with Crippen LogP contribution in [-0.2, 0) is 38.8 Å². The Morgan fingerprint density at radius 2 is 0.843 bits per heavy atom. The van der Waals surface area contributed by atoms with Crippen molar-refractivity contribution in [3.8, 4) is 0 Å². The molecule has 0 radical (unpaired) electrons. The lowest BCUT2D eigenvalue weighted by Crippen LogP contribution is -3.00. The van der Waals surface area contributed by atoms with Crippen LogP contribution in [0.25, 0.3) is 0 Å². The second-order valence-corrected chi connectivity index (χ2v) is 16.3. The fourth-order valence-corrected chi connectivity index (χ4v) is 11.7. The molecular weight excluding hydrogens is 715 g/mol. The SMILES string of the molecule is [Br-].c1ccc(COC[C@H]2OC([P+](c3ccccc3)(c3ccccc3)c3ccccc3)C[C@@H](OCc3ccccc3)[C@@H]2OCc2ccccc2)cc1. The van der Waals surface area contributed by atoms with Gasteiger partial charge in [0.2, 0.25) is 0 Å². The van der Waals surface area contributed by atoms with Crippen LogP contribution in [0, 0.1) is 0 Å². The molecule has 260 valence electrons. The summed E-state index contributed by atoms with van der Waals surface area (Å²) in [6.07, 6.45) is -0.320. The Morgan fingerprint density at radius 1 is 0.471 bits per heavy atom. The van der Waals surface area contributed by atoms with Crippen molar-refractivity contribution in [3.63, 3.8) is 0 Å². The van der Waals surface area contributed by atoms with Crippen molar-refractivity contribution >= 4 is 23.2 Å². The van der Waals surface area contributed by atoms with E-state index in [0.717, 1.165) is 16.7 Å². The first-order chi connectivity index (χ1) is 24.8. The number of ether oxygens (including phenoxy) is 4. The molecular formula is C45H44BrO4P. The molecule has 51 heavy (non-hydrogen) atoms. The van der Waals surface area contributed by atoms with E-state index in [9.17, 15) is 0 Å². The van der Waals surface area contributed by atoms with Gasteiger partial charge >= 0.3 is 0 Å². The smallest absolute Gasteiger partial charge is 0.184 e. The van der Waals surface area contributed by atoms with Crippen LogP contribution in [0.4, 0.5) is 0 Å². The predicted molar refractivity (Wildman–Crippen MR) is 205 cm³/mol. The zero-order valence-corrected chi connectivity index (χ0v) is 31.1. The summed E-state index contributed by atoms with van der Waals surface area (Å²) in [6.45, 7) is 1.79. The highest BCUT2D eigenvalue weighted by Gasteiger charge is 2.58. The summed E-state index contributed by atoms with van der Waals surface area (Å²) in [5.74, 6) is -0.197. The standard InChI is InChI=1S/C45H44O4P.BrH/c1-7-19-36(20-8-1)32-46-35-43-45(48-34-38-23-11-3-12-24-38)42(47-33-37-21-9-2-10-22-37)31-44(49-43)50(39-25-13-4-14-26-39,40-27-15-5-16-28-40)41-29-17-6-18-30-41;/h1-30,42-45H,31-35H2;1H/q+1;/p-1/t42-,43-,44?,45+;/m1./s1. The number of benzene rings is 6. The molecule has 4 nitrogen and oxygen atoms in total. The van der Waals surface area contributed by atoms with Crippen LogP contribution in [0.5, 0.6) is 0 Å². The van der Waals surface area contributed by atoms with Gasteiger partial charge in [0.25, 0.3) is 0 Å². The van der Waals surface area contributed by atoms with E-state index in [-0.39, 0.29) is 41.1 Å². The molecule has 1 unspecified atom stereocenters. The normalized spacial score (nSPS) is 18.8. The third-order valence-electron chi connectivity index (χ3n) is 9.41. The van der Waals surface area contributed by atoms with E-state index in [4.69, 9.17) is 18.9 Å². The average molecular weight is 760 g/mol. The Balaban J connectivity index is 0.00000448.